The molecule has 27 heavy (non-hydrogen) atoms. The molecule has 4 aromatic rings. The number of rotatable bonds is 2. The topological polar surface area (TPSA) is 66.8 Å². The predicted molar refractivity (Wildman–Crippen MR) is 106 cm³/mol. The predicted octanol–water partition coefficient (Wildman–Crippen LogP) is 5.17. The molecular weight excluding hydrogens is 340 g/mol. The fraction of sp³-hybridized carbons (Fsp3) is 0.0870. The van der Waals surface area contributed by atoms with Gasteiger partial charge in [0.15, 0.2) is 0 Å². The van der Waals surface area contributed by atoms with Crippen LogP contribution in [0.4, 0.5) is 0 Å². The van der Waals surface area contributed by atoms with Gasteiger partial charge < -0.3 is 14.9 Å². The van der Waals surface area contributed by atoms with E-state index in [9.17, 15) is 15.0 Å². The molecule has 0 aliphatic heterocycles. The van der Waals surface area contributed by atoms with Crippen molar-refractivity contribution < 1.29 is 19.7 Å². The second kappa shape index (κ2) is 6.32. The van der Waals surface area contributed by atoms with Crippen molar-refractivity contribution in [3.63, 3.8) is 0 Å². The molecule has 134 valence electrons. The number of carbonyl (C=O) groups is 1. The maximum Gasteiger partial charge on any atom is 0.341 e. The number of phenols is 2. The molecule has 0 fully saturated rings. The van der Waals surface area contributed by atoms with Gasteiger partial charge in [-0.15, -0.1) is 0 Å². The summed E-state index contributed by atoms with van der Waals surface area (Å²) >= 11 is 0. The molecule has 0 aromatic heterocycles. The summed E-state index contributed by atoms with van der Waals surface area (Å²) in [6.45, 7) is 2.00. The number of carbonyl (C=O) groups excluding carboxylic acids is 1. The third-order valence-electron chi connectivity index (χ3n) is 4.83. The van der Waals surface area contributed by atoms with Crippen molar-refractivity contribution >= 4 is 27.5 Å². The van der Waals surface area contributed by atoms with E-state index in [0.717, 1.165) is 27.1 Å². The van der Waals surface area contributed by atoms with Crippen LogP contribution in [0.15, 0.2) is 60.7 Å². The highest BCUT2D eigenvalue weighted by Gasteiger charge is 2.22. The zero-order valence-corrected chi connectivity index (χ0v) is 15.0. The summed E-state index contributed by atoms with van der Waals surface area (Å²) < 4.78 is 4.83. The zero-order chi connectivity index (χ0) is 19.1. The lowest BCUT2D eigenvalue weighted by atomic mass is 9.90. The Labute approximate surface area is 156 Å². The van der Waals surface area contributed by atoms with E-state index in [-0.39, 0.29) is 17.1 Å². The summed E-state index contributed by atoms with van der Waals surface area (Å²) in [6.07, 6.45) is 0. The van der Waals surface area contributed by atoms with E-state index >= 15 is 0 Å². The van der Waals surface area contributed by atoms with Gasteiger partial charge in [-0.25, -0.2) is 4.79 Å². The Morgan fingerprint density at radius 3 is 2.33 bits per heavy atom. The molecule has 0 unspecified atom stereocenters. The molecule has 0 amide bonds. The minimum atomic E-state index is -0.630. The summed E-state index contributed by atoms with van der Waals surface area (Å²) in [4.78, 5) is 12.2. The van der Waals surface area contributed by atoms with Crippen LogP contribution in [0.5, 0.6) is 11.5 Å². The molecule has 0 radical (unpaired) electrons. The fourth-order valence-electron chi connectivity index (χ4n) is 3.56. The molecule has 0 heterocycles. The molecular formula is C23H18O4. The van der Waals surface area contributed by atoms with Gasteiger partial charge in [-0.3, -0.25) is 0 Å². The minimum Gasteiger partial charge on any atom is -0.507 e. The van der Waals surface area contributed by atoms with Gasteiger partial charge >= 0.3 is 5.97 Å². The van der Waals surface area contributed by atoms with Crippen LogP contribution < -0.4 is 0 Å². The van der Waals surface area contributed by atoms with Crippen molar-refractivity contribution in [2.45, 2.75) is 6.92 Å². The Kier molecular flexibility index (Phi) is 3.96. The van der Waals surface area contributed by atoms with Gasteiger partial charge in [0.1, 0.15) is 17.1 Å². The number of methoxy groups -OCH3 is 1. The number of benzene rings is 4. The first-order valence-electron chi connectivity index (χ1n) is 8.57. The van der Waals surface area contributed by atoms with Crippen LogP contribution in [0.25, 0.3) is 32.7 Å². The first kappa shape index (κ1) is 16.9. The molecule has 0 bridgehead atoms. The minimum absolute atomic E-state index is 0.0359. The van der Waals surface area contributed by atoms with Crippen molar-refractivity contribution in [1.29, 1.82) is 0 Å². The van der Waals surface area contributed by atoms with Gasteiger partial charge in [0.05, 0.1) is 7.11 Å². The van der Waals surface area contributed by atoms with Crippen LogP contribution in [-0.4, -0.2) is 23.3 Å². The van der Waals surface area contributed by atoms with Crippen LogP contribution in [0.1, 0.15) is 15.9 Å². The van der Waals surface area contributed by atoms with E-state index < -0.39 is 5.97 Å². The van der Waals surface area contributed by atoms with Gasteiger partial charge in [-0.05, 0) is 40.6 Å². The summed E-state index contributed by atoms with van der Waals surface area (Å²) in [7, 11) is 1.27. The monoisotopic (exact) mass is 358 g/mol. The summed E-state index contributed by atoms with van der Waals surface area (Å²) in [5, 5.41) is 24.9. The molecule has 0 saturated heterocycles. The molecule has 0 aliphatic carbocycles. The van der Waals surface area contributed by atoms with E-state index in [2.05, 4.69) is 0 Å². The molecule has 4 aromatic carbocycles. The summed E-state index contributed by atoms with van der Waals surface area (Å²) in [6, 6.07) is 18.4. The highest BCUT2D eigenvalue weighted by molar-refractivity contribution is 6.13. The van der Waals surface area contributed by atoms with Crippen molar-refractivity contribution in [3.8, 4) is 22.6 Å². The molecule has 2 N–H and O–H groups in total. The van der Waals surface area contributed by atoms with Crippen molar-refractivity contribution in [3.05, 3.63) is 71.8 Å². The largest absolute Gasteiger partial charge is 0.507 e. The third-order valence-corrected chi connectivity index (χ3v) is 4.83. The first-order chi connectivity index (χ1) is 13.0. The average molecular weight is 358 g/mol. The van der Waals surface area contributed by atoms with Crippen LogP contribution in [0.3, 0.4) is 0 Å². The van der Waals surface area contributed by atoms with Gasteiger partial charge in [0.25, 0.3) is 0 Å². The standard InChI is InChI=1S/C23H18O4/c1-13-7-9-17-15(11-13)8-10-19(24)20(17)21-16-6-4-3-5-14(16)12-18(22(21)25)23(26)27-2/h3-12,24-25H,1-2H3. The van der Waals surface area contributed by atoms with E-state index in [4.69, 9.17) is 4.74 Å². The molecule has 0 spiro atoms. The lowest BCUT2D eigenvalue weighted by molar-refractivity contribution is 0.0597. The third kappa shape index (κ3) is 2.66. The summed E-state index contributed by atoms with van der Waals surface area (Å²) in [5.74, 6) is -0.798. The number of hydrogen-bond donors (Lipinski definition) is 2. The number of phenolic OH excluding ortho intramolecular Hbond substituents is 2. The van der Waals surface area contributed by atoms with Crippen LogP contribution in [-0.2, 0) is 4.74 Å². The number of ether oxygens (including phenoxy) is 1. The lowest BCUT2D eigenvalue weighted by Gasteiger charge is -2.16. The highest BCUT2D eigenvalue weighted by Crippen LogP contribution is 2.46. The smallest absolute Gasteiger partial charge is 0.341 e. The Morgan fingerprint density at radius 2 is 1.56 bits per heavy atom. The quantitative estimate of drug-likeness (QED) is 0.485. The molecule has 0 saturated carbocycles. The highest BCUT2D eigenvalue weighted by atomic mass is 16.5. The van der Waals surface area contributed by atoms with E-state index in [1.54, 1.807) is 12.1 Å². The van der Waals surface area contributed by atoms with Crippen LogP contribution in [0.2, 0.25) is 0 Å². The zero-order valence-electron chi connectivity index (χ0n) is 15.0. The lowest BCUT2D eigenvalue weighted by Crippen LogP contribution is -2.03. The second-order valence-corrected chi connectivity index (χ2v) is 6.54. The van der Waals surface area contributed by atoms with Gasteiger partial charge in [-0.1, -0.05) is 54.1 Å². The number of aromatic hydroxyl groups is 2. The molecule has 4 heteroatoms. The SMILES string of the molecule is COC(=O)c1cc2ccccc2c(-c2c(O)ccc3cc(C)ccc23)c1O. The Balaban J connectivity index is 2.20. The average Bonchev–Trinajstić information content (AvgIpc) is 2.68. The number of hydrogen-bond acceptors (Lipinski definition) is 4. The number of fused-ring (bicyclic) bond motifs is 2. The Morgan fingerprint density at radius 1 is 0.852 bits per heavy atom. The number of aryl methyl sites for hydroxylation is 1. The first-order valence-corrected chi connectivity index (χ1v) is 8.57. The van der Waals surface area contributed by atoms with Crippen molar-refractivity contribution in [2.75, 3.05) is 7.11 Å². The van der Waals surface area contributed by atoms with E-state index in [1.807, 2.05) is 55.5 Å². The molecule has 4 rings (SSSR count). The second-order valence-electron chi connectivity index (χ2n) is 6.54. The Hall–Kier alpha value is -3.53. The van der Waals surface area contributed by atoms with Gasteiger partial charge in [-0.2, -0.15) is 0 Å². The van der Waals surface area contributed by atoms with Gasteiger partial charge in [0, 0.05) is 11.1 Å². The molecule has 0 aliphatic rings. The number of esters is 1. The van der Waals surface area contributed by atoms with Crippen molar-refractivity contribution in [2.24, 2.45) is 0 Å². The normalized spacial score (nSPS) is 11.0. The maximum absolute atomic E-state index is 12.2. The van der Waals surface area contributed by atoms with Crippen molar-refractivity contribution in [1.82, 2.24) is 0 Å². The summed E-state index contributed by atoms with van der Waals surface area (Å²) in [5.41, 5.74) is 2.07. The van der Waals surface area contributed by atoms with Crippen LogP contribution in [0, 0.1) is 6.92 Å². The van der Waals surface area contributed by atoms with Crippen LogP contribution >= 0.6 is 0 Å². The Bertz CT molecular complexity index is 1210. The van der Waals surface area contributed by atoms with E-state index in [1.165, 1.54) is 7.11 Å². The maximum atomic E-state index is 12.2. The molecule has 4 nitrogen and oxygen atoms in total. The molecule has 0 atom stereocenters. The van der Waals surface area contributed by atoms with E-state index in [0.29, 0.717) is 11.1 Å². The van der Waals surface area contributed by atoms with Gasteiger partial charge in [0.2, 0.25) is 0 Å². The fourth-order valence-corrected chi connectivity index (χ4v) is 3.56.